The third-order valence-corrected chi connectivity index (χ3v) is 11.3. The van der Waals surface area contributed by atoms with Gasteiger partial charge in [-0.25, -0.2) is 0 Å². The summed E-state index contributed by atoms with van der Waals surface area (Å²) in [5, 5.41) is 0. The van der Waals surface area contributed by atoms with Gasteiger partial charge in [0.05, 0.1) is 0 Å². The van der Waals surface area contributed by atoms with Crippen LogP contribution in [0.2, 0.25) is 25.2 Å². The lowest BCUT2D eigenvalue weighted by atomic mass is 10.2. The van der Waals surface area contributed by atoms with Gasteiger partial charge in [0, 0.05) is 0 Å². The van der Waals surface area contributed by atoms with Crippen molar-refractivity contribution in [1.82, 2.24) is 9.13 Å². The molecule has 19 heavy (non-hydrogen) atoms. The Morgan fingerprint density at radius 3 is 1.37 bits per heavy atom. The van der Waals surface area contributed by atoms with Gasteiger partial charge in [0.25, 0.3) is 0 Å². The molecule has 0 radical (unpaired) electrons. The molecule has 2 heterocycles. The van der Waals surface area contributed by atoms with Crippen molar-refractivity contribution in [2.75, 3.05) is 26.2 Å². The van der Waals surface area contributed by atoms with Crippen LogP contribution in [0.1, 0.15) is 44.9 Å². The van der Waals surface area contributed by atoms with E-state index in [1.165, 1.54) is 71.1 Å². The van der Waals surface area contributed by atoms with Crippen LogP contribution in [-0.4, -0.2) is 53.2 Å². The lowest BCUT2D eigenvalue weighted by Crippen LogP contribution is -2.42. The van der Waals surface area contributed by atoms with E-state index in [-0.39, 0.29) is 0 Å². The van der Waals surface area contributed by atoms with Crippen LogP contribution in [0, 0.1) is 0 Å². The second kappa shape index (κ2) is 8.60. The van der Waals surface area contributed by atoms with Gasteiger partial charge in [-0.3, -0.25) is 0 Å². The Balaban J connectivity index is 1.59. The van der Waals surface area contributed by atoms with Crippen molar-refractivity contribution in [1.29, 1.82) is 0 Å². The molecule has 0 spiro atoms. The first kappa shape index (κ1) is 15.7. The van der Waals surface area contributed by atoms with E-state index in [2.05, 4.69) is 22.2 Å². The molecule has 2 fully saturated rings. The van der Waals surface area contributed by atoms with Gasteiger partial charge in [-0.05, 0) is 64.0 Å². The average Bonchev–Trinajstić information content (AvgIpc) is 2.49. The van der Waals surface area contributed by atoms with Crippen LogP contribution in [0.3, 0.4) is 0 Å². The molecule has 0 amide bonds. The van der Waals surface area contributed by atoms with Crippen LogP contribution in [0.15, 0.2) is 0 Å². The standard InChI is InChI=1S/C15H34N2Si2/c1-18(16-10-5-3-6-11-16)14-9-15-19(2)17-12-7-4-8-13-17/h18-19H,3-15H2,1-2H3. The van der Waals surface area contributed by atoms with Gasteiger partial charge < -0.3 is 9.13 Å². The van der Waals surface area contributed by atoms with Gasteiger partial charge in [0.2, 0.25) is 0 Å². The Morgan fingerprint density at radius 2 is 1.00 bits per heavy atom. The zero-order chi connectivity index (χ0) is 13.5. The predicted octanol–water partition coefficient (Wildman–Crippen LogP) is 3.06. The molecule has 2 atom stereocenters. The molecule has 4 heteroatoms. The van der Waals surface area contributed by atoms with Gasteiger partial charge in [0.1, 0.15) is 17.9 Å². The van der Waals surface area contributed by atoms with Crippen molar-refractivity contribution < 1.29 is 0 Å². The normalized spacial score (nSPS) is 26.2. The summed E-state index contributed by atoms with van der Waals surface area (Å²) < 4.78 is 5.74. The van der Waals surface area contributed by atoms with Crippen molar-refractivity contribution in [2.45, 2.75) is 70.1 Å². The quantitative estimate of drug-likeness (QED) is 0.696. The molecule has 2 aliphatic heterocycles. The topological polar surface area (TPSA) is 6.48 Å². The van der Waals surface area contributed by atoms with Gasteiger partial charge in [0.15, 0.2) is 0 Å². The molecule has 0 bridgehead atoms. The number of hydrogen-bond donors (Lipinski definition) is 0. The first-order chi connectivity index (χ1) is 9.27. The van der Waals surface area contributed by atoms with Crippen molar-refractivity contribution in [2.24, 2.45) is 0 Å². The molecule has 2 nitrogen and oxygen atoms in total. The number of nitrogens with zero attached hydrogens (tertiary/aromatic N) is 2. The average molecular weight is 299 g/mol. The maximum Gasteiger partial charge on any atom is 0.108 e. The van der Waals surface area contributed by atoms with E-state index >= 15 is 0 Å². The van der Waals surface area contributed by atoms with E-state index in [1.54, 1.807) is 12.1 Å². The molecule has 2 saturated heterocycles. The van der Waals surface area contributed by atoms with Gasteiger partial charge in [-0.15, -0.1) is 0 Å². The highest BCUT2D eigenvalue weighted by atomic mass is 28.3. The van der Waals surface area contributed by atoms with Gasteiger partial charge in [-0.1, -0.05) is 32.4 Å². The predicted molar refractivity (Wildman–Crippen MR) is 91.1 cm³/mol. The lowest BCUT2D eigenvalue weighted by Gasteiger charge is -2.33. The number of piperidine rings is 2. The van der Waals surface area contributed by atoms with Crippen LogP contribution in [0.25, 0.3) is 0 Å². The molecular weight excluding hydrogens is 264 g/mol. The molecule has 0 aromatic rings. The van der Waals surface area contributed by atoms with Crippen molar-refractivity contribution in [3.8, 4) is 0 Å². The maximum absolute atomic E-state index is 2.87. The molecule has 0 N–H and O–H groups in total. The van der Waals surface area contributed by atoms with Crippen molar-refractivity contribution >= 4 is 17.9 Å². The molecule has 112 valence electrons. The number of hydrogen-bond acceptors (Lipinski definition) is 2. The fraction of sp³-hybridized carbons (Fsp3) is 1.00. The molecule has 2 aliphatic rings. The summed E-state index contributed by atoms with van der Waals surface area (Å²) in [6.45, 7) is 10.9. The van der Waals surface area contributed by atoms with Crippen LogP contribution >= 0.6 is 0 Å². The Kier molecular flexibility index (Phi) is 7.12. The summed E-state index contributed by atoms with van der Waals surface area (Å²) >= 11 is 0. The van der Waals surface area contributed by atoms with E-state index in [0.717, 1.165) is 0 Å². The maximum atomic E-state index is 2.87. The molecule has 0 aromatic heterocycles. The molecular formula is C15H34N2Si2. The smallest absolute Gasteiger partial charge is 0.108 e. The summed E-state index contributed by atoms with van der Waals surface area (Å²) in [5.41, 5.74) is 0. The first-order valence-corrected chi connectivity index (χ1v) is 13.7. The van der Waals surface area contributed by atoms with Crippen molar-refractivity contribution in [3.05, 3.63) is 0 Å². The number of rotatable bonds is 6. The molecule has 2 rings (SSSR count). The van der Waals surface area contributed by atoms with Crippen LogP contribution in [-0.2, 0) is 0 Å². The highest BCUT2D eigenvalue weighted by Gasteiger charge is 2.20. The highest BCUT2D eigenvalue weighted by Crippen LogP contribution is 2.17. The molecule has 0 saturated carbocycles. The van der Waals surface area contributed by atoms with Crippen LogP contribution in [0.5, 0.6) is 0 Å². The Hall–Kier alpha value is 0.354. The Morgan fingerprint density at radius 1 is 0.632 bits per heavy atom. The monoisotopic (exact) mass is 298 g/mol. The summed E-state index contributed by atoms with van der Waals surface area (Å²) in [4.78, 5) is 0. The zero-order valence-corrected chi connectivity index (χ0v) is 15.6. The molecule has 0 aromatic carbocycles. The summed E-state index contributed by atoms with van der Waals surface area (Å²) in [6.07, 6.45) is 10.4. The minimum atomic E-state index is -0.548. The van der Waals surface area contributed by atoms with E-state index in [1.807, 2.05) is 0 Å². The third-order valence-electron chi connectivity index (χ3n) is 5.27. The minimum Gasteiger partial charge on any atom is -0.326 e. The molecule has 0 aliphatic carbocycles. The summed E-state index contributed by atoms with van der Waals surface area (Å²) in [5.74, 6) is 0. The van der Waals surface area contributed by atoms with E-state index in [4.69, 9.17) is 0 Å². The van der Waals surface area contributed by atoms with E-state index < -0.39 is 17.9 Å². The van der Waals surface area contributed by atoms with Crippen LogP contribution < -0.4 is 0 Å². The third kappa shape index (κ3) is 5.33. The second-order valence-electron chi connectivity index (χ2n) is 6.82. The highest BCUT2D eigenvalue weighted by molar-refractivity contribution is 6.56. The Bertz CT molecular complexity index is 214. The van der Waals surface area contributed by atoms with E-state index in [9.17, 15) is 0 Å². The summed E-state index contributed by atoms with van der Waals surface area (Å²) in [7, 11) is -1.10. The SMILES string of the molecule is C[SiH](CCC[SiH](C)N1CCCCC1)N1CCCCC1. The fourth-order valence-corrected chi connectivity index (χ4v) is 9.14. The van der Waals surface area contributed by atoms with Gasteiger partial charge in [-0.2, -0.15) is 0 Å². The fourth-order valence-electron chi connectivity index (χ4n) is 3.79. The van der Waals surface area contributed by atoms with E-state index in [0.29, 0.717) is 0 Å². The summed E-state index contributed by atoms with van der Waals surface area (Å²) in [6, 6.07) is 3.15. The second-order valence-corrected chi connectivity index (χ2v) is 12.8. The largest absolute Gasteiger partial charge is 0.326 e. The lowest BCUT2D eigenvalue weighted by molar-refractivity contribution is 0.349. The van der Waals surface area contributed by atoms with Crippen molar-refractivity contribution in [3.63, 3.8) is 0 Å². The zero-order valence-electron chi connectivity index (χ0n) is 13.2. The molecule has 2 unspecified atom stereocenters. The Labute approximate surface area is 123 Å². The minimum absolute atomic E-state index is 0.548. The van der Waals surface area contributed by atoms with Crippen LogP contribution in [0.4, 0.5) is 0 Å². The first-order valence-electron chi connectivity index (χ1n) is 8.75. The van der Waals surface area contributed by atoms with Gasteiger partial charge >= 0.3 is 0 Å².